The van der Waals surface area contributed by atoms with Crippen molar-refractivity contribution in [3.8, 4) is 0 Å². The number of amidine groups is 1. The Bertz CT molecular complexity index is 492. The van der Waals surface area contributed by atoms with E-state index in [0.717, 1.165) is 7.11 Å². The van der Waals surface area contributed by atoms with Gasteiger partial charge in [0.05, 0.1) is 19.4 Å². The molecule has 7 heteroatoms. The van der Waals surface area contributed by atoms with Gasteiger partial charge >= 0.3 is 5.97 Å². The van der Waals surface area contributed by atoms with E-state index in [0.29, 0.717) is 0 Å². The Kier molecular flexibility index (Phi) is 5.03. The van der Waals surface area contributed by atoms with Gasteiger partial charge in [0.25, 0.3) is 0 Å². The molecule has 0 bridgehead atoms. The van der Waals surface area contributed by atoms with Crippen LogP contribution in [0.2, 0.25) is 0 Å². The molecule has 0 spiro atoms. The number of rotatable bonds is 4. The third-order valence-corrected chi connectivity index (χ3v) is 2.38. The van der Waals surface area contributed by atoms with Gasteiger partial charge < -0.3 is 10.5 Å². The Hall–Kier alpha value is -1.69. The van der Waals surface area contributed by atoms with Crippen molar-refractivity contribution in [1.29, 1.82) is 0 Å². The van der Waals surface area contributed by atoms with Gasteiger partial charge in [-0.15, -0.1) is 11.6 Å². The van der Waals surface area contributed by atoms with E-state index in [1.165, 1.54) is 12.1 Å². The van der Waals surface area contributed by atoms with Gasteiger partial charge in [-0.2, -0.15) is 0 Å². The van der Waals surface area contributed by atoms with Crippen molar-refractivity contribution in [2.24, 2.45) is 10.7 Å². The molecule has 0 fully saturated rings. The lowest BCUT2D eigenvalue weighted by Gasteiger charge is -2.05. The van der Waals surface area contributed by atoms with Gasteiger partial charge in [0.2, 0.25) is 0 Å². The molecule has 18 heavy (non-hydrogen) atoms. The van der Waals surface area contributed by atoms with Crippen molar-refractivity contribution >= 4 is 29.1 Å². The Morgan fingerprint density at radius 2 is 2.11 bits per heavy atom. The summed E-state index contributed by atoms with van der Waals surface area (Å²) in [6.45, 7) is 0. The van der Waals surface area contributed by atoms with Crippen LogP contribution in [0.3, 0.4) is 0 Å². The molecule has 0 heterocycles. The fraction of sp³-hybridized carbons (Fsp3) is 0.273. The normalized spacial score (nSPS) is 11.4. The lowest BCUT2D eigenvalue weighted by atomic mass is 10.1. The van der Waals surface area contributed by atoms with E-state index < -0.39 is 17.6 Å². The number of hydrogen-bond acceptors (Lipinski definition) is 3. The number of methoxy groups -OCH3 is 1. The summed E-state index contributed by atoms with van der Waals surface area (Å²) in [6.07, 6.45) is -0.353. The van der Waals surface area contributed by atoms with Crippen LogP contribution < -0.4 is 5.73 Å². The van der Waals surface area contributed by atoms with Crippen molar-refractivity contribution in [2.75, 3.05) is 13.0 Å². The molecule has 0 aliphatic heterocycles. The van der Waals surface area contributed by atoms with E-state index in [4.69, 9.17) is 17.3 Å². The highest BCUT2D eigenvalue weighted by Crippen LogP contribution is 2.23. The van der Waals surface area contributed by atoms with Crippen LogP contribution in [0.4, 0.5) is 14.5 Å². The molecule has 0 aliphatic carbocycles. The molecule has 0 aliphatic rings. The Morgan fingerprint density at radius 3 is 2.67 bits per heavy atom. The summed E-state index contributed by atoms with van der Waals surface area (Å²) in [6, 6.07) is 2.46. The molecule has 1 aromatic carbocycles. The van der Waals surface area contributed by atoms with Crippen LogP contribution in [0.15, 0.2) is 17.1 Å². The average Bonchev–Trinajstić information content (AvgIpc) is 2.37. The second-order valence-electron chi connectivity index (χ2n) is 3.36. The van der Waals surface area contributed by atoms with Gasteiger partial charge in [-0.1, -0.05) is 6.07 Å². The minimum atomic E-state index is -1.18. The third-order valence-electron chi connectivity index (χ3n) is 2.11. The number of ether oxygens (including phenoxy) is 1. The Labute approximate surface area is 107 Å². The summed E-state index contributed by atoms with van der Waals surface area (Å²) >= 11 is 5.38. The molecule has 0 amide bonds. The second-order valence-corrected chi connectivity index (χ2v) is 3.63. The maximum absolute atomic E-state index is 13.6. The second kappa shape index (κ2) is 6.30. The quantitative estimate of drug-likeness (QED) is 0.395. The molecule has 4 nitrogen and oxygen atoms in total. The zero-order valence-corrected chi connectivity index (χ0v) is 10.3. The molecule has 98 valence electrons. The first kappa shape index (κ1) is 14.4. The average molecular weight is 277 g/mol. The molecule has 1 rings (SSSR count). The fourth-order valence-corrected chi connectivity index (χ4v) is 1.27. The number of aliphatic imine (C=N–C) groups is 1. The van der Waals surface area contributed by atoms with Crippen molar-refractivity contribution < 1.29 is 18.3 Å². The van der Waals surface area contributed by atoms with Gasteiger partial charge in [0.1, 0.15) is 11.5 Å². The Morgan fingerprint density at radius 1 is 1.44 bits per heavy atom. The maximum atomic E-state index is 13.6. The lowest BCUT2D eigenvalue weighted by molar-refractivity contribution is -0.139. The minimum absolute atomic E-state index is 0.0318. The van der Waals surface area contributed by atoms with E-state index >= 15 is 0 Å². The van der Waals surface area contributed by atoms with E-state index in [1.807, 2.05) is 0 Å². The van der Waals surface area contributed by atoms with E-state index in [2.05, 4.69) is 9.73 Å². The highest BCUT2D eigenvalue weighted by atomic mass is 35.5. The van der Waals surface area contributed by atoms with Crippen molar-refractivity contribution in [1.82, 2.24) is 0 Å². The SMILES string of the molecule is COC(=O)Cc1ccc(N=C(N)CCl)c(F)c1F. The maximum Gasteiger partial charge on any atom is 0.310 e. The summed E-state index contributed by atoms with van der Waals surface area (Å²) in [5.74, 6) is -3.11. The van der Waals surface area contributed by atoms with Gasteiger partial charge in [-0.05, 0) is 6.07 Å². The van der Waals surface area contributed by atoms with Crippen LogP contribution >= 0.6 is 11.6 Å². The standard InChI is InChI=1S/C11H11ClF2N2O2/c1-18-9(17)4-6-2-3-7(11(14)10(6)13)16-8(15)5-12/h2-3H,4-5H2,1H3,(H2,15,16). The highest BCUT2D eigenvalue weighted by molar-refractivity contribution is 6.28. The third kappa shape index (κ3) is 3.40. The first-order chi connectivity index (χ1) is 8.49. The zero-order valence-electron chi connectivity index (χ0n) is 9.54. The number of alkyl halides is 1. The topological polar surface area (TPSA) is 64.7 Å². The number of carbonyl (C=O) groups excluding carboxylic acids is 1. The summed E-state index contributed by atoms with van der Waals surface area (Å²) < 4.78 is 31.5. The minimum Gasteiger partial charge on any atom is -0.469 e. The molecule has 0 saturated heterocycles. The summed E-state index contributed by atoms with van der Waals surface area (Å²) in [7, 11) is 1.16. The fourth-order valence-electron chi connectivity index (χ4n) is 1.21. The molecule has 0 atom stereocenters. The van der Waals surface area contributed by atoms with Gasteiger partial charge in [-0.3, -0.25) is 4.79 Å². The van der Waals surface area contributed by atoms with Crippen LogP contribution in [0.5, 0.6) is 0 Å². The number of nitrogens with two attached hydrogens (primary N) is 1. The van der Waals surface area contributed by atoms with E-state index in [1.54, 1.807) is 0 Å². The molecular weight excluding hydrogens is 266 g/mol. The molecule has 0 saturated carbocycles. The van der Waals surface area contributed by atoms with Crippen LogP contribution in [-0.2, 0) is 16.0 Å². The van der Waals surface area contributed by atoms with E-state index in [9.17, 15) is 13.6 Å². The predicted octanol–water partition coefficient (Wildman–Crippen LogP) is 1.91. The largest absolute Gasteiger partial charge is 0.469 e. The number of carbonyl (C=O) groups is 1. The number of nitrogens with zero attached hydrogens (tertiary/aromatic N) is 1. The van der Waals surface area contributed by atoms with Gasteiger partial charge in [-0.25, -0.2) is 13.8 Å². The highest BCUT2D eigenvalue weighted by Gasteiger charge is 2.15. The molecule has 1 aromatic rings. The summed E-state index contributed by atoms with van der Waals surface area (Å²) in [5, 5.41) is 0. The lowest BCUT2D eigenvalue weighted by Crippen LogP contribution is -2.12. The van der Waals surface area contributed by atoms with Crippen molar-refractivity contribution in [3.63, 3.8) is 0 Å². The zero-order chi connectivity index (χ0) is 13.7. The van der Waals surface area contributed by atoms with Crippen LogP contribution in [-0.4, -0.2) is 24.8 Å². The van der Waals surface area contributed by atoms with E-state index in [-0.39, 0.29) is 29.4 Å². The number of halogens is 3. The predicted molar refractivity (Wildman–Crippen MR) is 64.1 cm³/mol. The first-order valence-electron chi connectivity index (χ1n) is 4.92. The number of benzene rings is 1. The molecule has 0 aromatic heterocycles. The van der Waals surface area contributed by atoms with Gasteiger partial charge in [0.15, 0.2) is 11.6 Å². The number of hydrogen-bond donors (Lipinski definition) is 1. The smallest absolute Gasteiger partial charge is 0.310 e. The van der Waals surface area contributed by atoms with Crippen molar-refractivity contribution in [3.05, 3.63) is 29.3 Å². The molecular formula is C11H11ClF2N2O2. The van der Waals surface area contributed by atoms with Crippen LogP contribution in [0, 0.1) is 11.6 Å². The molecule has 0 radical (unpaired) electrons. The first-order valence-corrected chi connectivity index (χ1v) is 5.45. The molecule has 0 unspecified atom stereocenters. The summed E-state index contributed by atoms with van der Waals surface area (Å²) in [5.41, 5.74) is 4.95. The van der Waals surface area contributed by atoms with Crippen molar-refractivity contribution in [2.45, 2.75) is 6.42 Å². The number of esters is 1. The van der Waals surface area contributed by atoms with Crippen LogP contribution in [0.1, 0.15) is 5.56 Å². The molecule has 2 N–H and O–H groups in total. The van der Waals surface area contributed by atoms with Gasteiger partial charge in [0, 0.05) is 5.56 Å². The monoisotopic (exact) mass is 276 g/mol. The summed E-state index contributed by atoms with van der Waals surface area (Å²) in [4.78, 5) is 14.6. The Balaban J connectivity index is 3.09. The van der Waals surface area contributed by atoms with Crippen LogP contribution in [0.25, 0.3) is 0 Å².